The number of rotatable bonds is 6. The molecule has 1 atom stereocenters. The molecule has 0 saturated carbocycles. The van der Waals surface area contributed by atoms with Crippen LogP contribution in [-0.4, -0.2) is 29.9 Å². The number of nitrogens with zero attached hydrogens (tertiary/aromatic N) is 1. The van der Waals surface area contributed by atoms with Crippen LogP contribution in [0.3, 0.4) is 0 Å². The van der Waals surface area contributed by atoms with Crippen molar-refractivity contribution in [2.24, 2.45) is 5.92 Å². The highest BCUT2D eigenvalue weighted by Crippen LogP contribution is 2.13. The van der Waals surface area contributed by atoms with Crippen LogP contribution >= 0.6 is 0 Å². The maximum Gasteiger partial charge on any atom is 0.251 e. The summed E-state index contributed by atoms with van der Waals surface area (Å²) in [5.74, 6) is 0.449. The van der Waals surface area contributed by atoms with Crippen molar-refractivity contribution in [1.82, 2.24) is 10.3 Å². The van der Waals surface area contributed by atoms with Gasteiger partial charge in [-0.05, 0) is 54.8 Å². The van der Waals surface area contributed by atoms with E-state index >= 15 is 0 Å². The Balaban J connectivity index is 2.08. The van der Waals surface area contributed by atoms with Crippen LogP contribution in [0.2, 0.25) is 0 Å². The number of methoxy groups -OCH3 is 1. The smallest absolute Gasteiger partial charge is 0.251 e. The molecule has 25 heavy (non-hydrogen) atoms. The van der Waals surface area contributed by atoms with Crippen LogP contribution in [0.4, 0.5) is 5.82 Å². The number of hydrogen-bond donors (Lipinski definition) is 2. The first-order chi connectivity index (χ1) is 11.9. The van der Waals surface area contributed by atoms with E-state index in [-0.39, 0.29) is 17.7 Å². The third-order valence-corrected chi connectivity index (χ3v) is 3.75. The summed E-state index contributed by atoms with van der Waals surface area (Å²) < 4.78 is 5.08. The van der Waals surface area contributed by atoms with E-state index in [1.54, 1.807) is 43.6 Å². The van der Waals surface area contributed by atoms with Gasteiger partial charge in [0.1, 0.15) is 17.6 Å². The molecule has 0 saturated heterocycles. The fourth-order valence-electron chi connectivity index (χ4n) is 2.31. The van der Waals surface area contributed by atoms with E-state index in [9.17, 15) is 9.59 Å². The minimum absolute atomic E-state index is 0.0768. The summed E-state index contributed by atoms with van der Waals surface area (Å²) in [4.78, 5) is 29.1. The molecule has 1 unspecified atom stereocenters. The van der Waals surface area contributed by atoms with E-state index in [4.69, 9.17) is 4.74 Å². The Labute approximate surface area is 147 Å². The lowest BCUT2D eigenvalue weighted by atomic mass is 10.0. The average Bonchev–Trinajstić information content (AvgIpc) is 2.59. The summed E-state index contributed by atoms with van der Waals surface area (Å²) >= 11 is 0. The molecule has 2 N–H and O–H groups in total. The number of nitrogens with one attached hydrogen (secondary N) is 2. The first-order valence-electron chi connectivity index (χ1n) is 8.09. The Morgan fingerprint density at radius 3 is 2.36 bits per heavy atom. The van der Waals surface area contributed by atoms with Gasteiger partial charge in [-0.1, -0.05) is 13.8 Å². The van der Waals surface area contributed by atoms with Gasteiger partial charge in [0.15, 0.2) is 0 Å². The van der Waals surface area contributed by atoms with Crippen molar-refractivity contribution in [3.8, 4) is 5.75 Å². The maximum absolute atomic E-state index is 12.5. The third-order valence-electron chi connectivity index (χ3n) is 3.75. The lowest BCUT2D eigenvalue weighted by molar-refractivity contribution is -0.118. The van der Waals surface area contributed by atoms with Crippen molar-refractivity contribution < 1.29 is 14.3 Å². The quantitative estimate of drug-likeness (QED) is 0.847. The number of amides is 2. The Morgan fingerprint density at radius 1 is 1.12 bits per heavy atom. The van der Waals surface area contributed by atoms with Gasteiger partial charge in [-0.3, -0.25) is 9.59 Å². The molecule has 1 heterocycles. The Hall–Kier alpha value is -2.89. The second-order valence-corrected chi connectivity index (χ2v) is 6.13. The van der Waals surface area contributed by atoms with E-state index in [0.29, 0.717) is 17.1 Å². The van der Waals surface area contributed by atoms with Gasteiger partial charge in [0.05, 0.1) is 7.11 Å². The zero-order chi connectivity index (χ0) is 18.4. The molecule has 2 amide bonds. The predicted molar refractivity (Wildman–Crippen MR) is 96.7 cm³/mol. The van der Waals surface area contributed by atoms with Crippen LogP contribution in [0, 0.1) is 12.8 Å². The minimum atomic E-state index is -0.670. The molecule has 132 valence electrons. The number of benzene rings is 1. The van der Waals surface area contributed by atoms with Crippen molar-refractivity contribution in [3.63, 3.8) is 0 Å². The summed E-state index contributed by atoms with van der Waals surface area (Å²) in [6.45, 7) is 5.67. The minimum Gasteiger partial charge on any atom is -0.497 e. The van der Waals surface area contributed by atoms with Gasteiger partial charge in [-0.15, -0.1) is 0 Å². The molecule has 2 aromatic rings. The molecule has 0 spiro atoms. The topological polar surface area (TPSA) is 80.3 Å². The Kier molecular flexibility index (Phi) is 6.11. The van der Waals surface area contributed by atoms with Crippen LogP contribution in [-0.2, 0) is 4.79 Å². The number of carbonyl (C=O) groups excluding carboxylic acids is 2. The largest absolute Gasteiger partial charge is 0.497 e. The van der Waals surface area contributed by atoms with Gasteiger partial charge < -0.3 is 15.4 Å². The van der Waals surface area contributed by atoms with Gasteiger partial charge >= 0.3 is 0 Å². The standard InChI is InChI=1S/C19H23N3O3/c1-12(2)17(19(24)21-16-11-13(3)9-10-20-16)22-18(23)14-5-7-15(25-4)8-6-14/h5-12,17H,1-4H3,(H,22,23)(H,20,21,24). The predicted octanol–water partition coefficient (Wildman–Crippen LogP) is 2.79. The zero-order valence-electron chi connectivity index (χ0n) is 14.9. The Morgan fingerprint density at radius 2 is 1.80 bits per heavy atom. The molecular formula is C19H23N3O3. The van der Waals surface area contributed by atoms with E-state index in [0.717, 1.165) is 5.56 Å². The van der Waals surface area contributed by atoms with Crippen LogP contribution < -0.4 is 15.4 Å². The van der Waals surface area contributed by atoms with Gasteiger partial charge in [0, 0.05) is 11.8 Å². The molecule has 0 bridgehead atoms. The lowest BCUT2D eigenvalue weighted by Gasteiger charge is -2.21. The first-order valence-corrected chi connectivity index (χ1v) is 8.09. The number of pyridine rings is 1. The second-order valence-electron chi connectivity index (χ2n) is 6.13. The summed E-state index contributed by atoms with van der Waals surface area (Å²) in [7, 11) is 1.56. The average molecular weight is 341 g/mol. The highest BCUT2D eigenvalue weighted by molar-refractivity contribution is 6.01. The van der Waals surface area contributed by atoms with Crippen molar-refractivity contribution in [3.05, 3.63) is 53.7 Å². The van der Waals surface area contributed by atoms with Crippen LogP contribution in [0.1, 0.15) is 29.8 Å². The highest BCUT2D eigenvalue weighted by Gasteiger charge is 2.25. The van der Waals surface area contributed by atoms with Gasteiger partial charge in [0.2, 0.25) is 5.91 Å². The molecular weight excluding hydrogens is 318 g/mol. The molecule has 1 aromatic heterocycles. The van der Waals surface area contributed by atoms with E-state index < -0.39 is 6.04 Å². The summed E-state index contributed by atoms with van der Waals surface area (Å²) in [5, 5.41) is 5.54. The number of ether oxygens (including phenoxy) is 1. The normalized spacial score (nSPS) is 11.7. The van der Waals surface area contributed by atoms with Crippen molar-refractivity contribution in [1.29, 1.82) is 0 Å². The van der Waals surface area contributed by atoms with E-state index in [2.05, 4.69) is 15.6 Å². The molecule has 2 rings (SSSR count). The number of hydrogen-bond acceptors (Lipinski definition) is 4. The molecule has 6 nitrogen and oxygen atoms in total. The third kappa shape index (κ3) is 5.04. The molecule has 0 aliphatic carbocycles. The van der Waals surface area contributed by atoms with Gasteiger partial charge in [-0.2, -0.15) is 0 Å². The monoisotopic (exact) mass is 341 g/mol. The summed E-state index contributed by atoms with van der Waals surface area (Å²) in [6.07, 6.45) is 1.63. The molecule has 0 radical (unpaired) electrons. The van der Waals surface area contributed by atoms with Crippen molar-refractivity contribution >= 4 is 17.6 Å². The van der Waals surface area contributed by atoms with Crippen LogP contribution in [0.15, 0.2) is 42.6 Å². The molecule has 0 fully saturated rings. The number of aryl methyl sites for hydroxylation is 1. The highest BCUT2D eigenvalue weighted by atomic mass is 16.5. The lowest BCUT2D eigenvalue weighted by Crippen LogP contribution is -2.47. The number of anilines is 1. The van der Waals surface area contributed by atoms with Crippen molar-refractivity contribution in [2.75, 3.05) is 12.4 Å². The van der Waals surface area contributed by atoms with Crippen molar-refractivity contribution in [2.45, 2.75) is 26.8 Å². The molecule has 1 aromatic carbocycles. The van der Waals surface area contributed by atoms with Crippen LogP contribution in [0.5, 0.6) is 5.75 Å². The number of carbonyl (C=O) groups is 2. The number of aromatic nitrogens is 1. The fourth-order valence-corrected chi connectivity index (χ4v) is 2.31. The van der Waals surface area contributed by atoms with E-state index in [1.165, 1.54) is 0 Å². The SMILES string of the molecule is COc1ccc(C(=O)NC(C(=O)Nc2cc(C)ccn2)C(C)C)cc1. The molecule has 0 aliphatic heterocycles. The second kappa shape index (κ2) is 8.28. The fraction of sp³-hybridized carbons (Fsp3) is 0.316. The molecule has 0 aliphatic rings. The molecule has 6 heteroatoms. The van der Waals surface area contributed by atoms with E-state index in [1.807, 2.05) is 26.8 Å². The summed E-state index contributed by atoms with van der Waals surface area (Å²) in [5.41, 5.74) is 1.46. The van der Waals surface area contributed by atoms with Gasteiger partial charge in [0.25, 0.3) is 5.91 Å². The summed E-state index contributed by atoms with van der Waals surface area (Å²) in [6, 6.07) is 9.68. The first kappa shape index (κ1) is 18.4. The Bertz CT molecular complexity index is 742. The van der Waals surface area contributed by atoms with Crippen LogP contribution in [0.25, 0.3) is 0 Å². The maximum atomic E-state index is 12.5. The zero-order valence-corrected chi connectivity index (χ0v) is 14.9. The van der Waals surface area contributed by atoms with Gasteiger partial charge in [-0.25, -0.2) is 4.98 Å².